The number of fused-ring (bicyclic) bond motifs is 1. The van der Waals surface area contributed by atoms with E-state index in [-0.39, 0.29) is 11.4 Å². The Morgan fingerprint density at radius 2 is 1.89 bits per heavy atom. The van der Waals surface area contributed by atoms with Crippen molar-refractivity contribution in [3.05, 3.63) is 52.3 Å². The fourth-order valence-corrected chi connectivity index (χ4v) is 2.49. The van der Waals surface area contributed by atoms with Crippen LogP contribution >= 0.6 is 11.3 Å². The van der Waals surface area contributed by atoms with Crippen molar-refractivity contribution in [1.29, 1.82) is 0 Å². The predicted octanol–water partition coefficient (Wildman–Crippen LogP) is 3.03. The van der Waals surface area contributed by atoms with Gasteiger partial charge in [0.15, 0.2) is 4.96 Å². The van der Waals surface area contributed by atoms with Crippen LogP contribution in [0.5, 0.6) is 0 Å². The van der Waals surface area contributed by atoms with Gasteiger partial charge in [0.25, 0.3) is 5.56 Å². The monoisotopic (exact) mass is 273 g/mol. The molecule has 0 amide bonds. The van der Waals surface area contributed by atoms with Gasteiger partial charge < -0.3 is 5.73 Å². The Labute approximate surface area is 115 Å². The van der Waals surface area contributed by atoms with E-state index in [4.69, 9.17) is 5.73 Å². The number of rotatable bonds is 1. The molecule has 0 saturated heterocycles. The molecule has 0 aliphatic carbocycles. The van der Waals surface area contributed by atoms with E-state index in [9.17, 15) is 4.79 Å². The molecule has 5 heteroatoms. The van der Waals surface area contributed by atoms with Crippen molar-refractivity contribution >= 4 is 22.1 Å². The zero-order valence-corrected chi connectivity index (χ0v) is 11.6. The summed E-state index contributed by atoms with van der Waals surface area (Å²) < 4.78 is 1.52. The molecule has 0 unspecified atom stereocenters. The van der Waals surface area contributed by atoms with Gasteiger partial charge >= 0.3 is 0 Å². The highest BCUT2D eigenvalue weighted by molar-refractivity contribution is 7.15. The number of aromatic nitrogens is 2. The van der Waals surface area contributed by atoms with E-state index >= 15 is 0 Å². The Morgan fingerprint density at radius 3 is 2.58 bits per heavy atom. The van der Waals surface area contributed by atoms with Crippen molar-refractivity contribution < 1.29 is 0 Å². The Morgan fingerprint density at radius 1 is 1.21 bits per heavy atom. The third-order valence-corrected chi connectivity index (χ3v) is 3.31. The van der Waals surface area contributed by atoms with E-state index in [1.54, 1.807) is 6.20 Å². The number of hydrogen-bond acceptors (Lipinski definition) is 4. The Kier molecular flexibility index (Phi) is 3.97. The average Bonchev–Trinajstić information content (AvgIpc) is 2.91. The van der Waals surface area contributed by atoms with Crippen LogP contribution in [0.4, 0.5) is 5.82 Å². The first kappa shape index (κ1) is 13.3. The number of hydrogen-bond donors (Lipinski definition) is 1. The number of thiazole rings is 1. The Balaban J connectivity index is 0.000000637. The molecule has 0 radical (unpaired) electrons. The molecule has 3 rings (SSSR count). The maximum absolute atomic E-state index is 12.3. The summed E-state index contributed by atoms with van der Waals surface area (Å²) in [6.07, 6.45) is 1.71. The highest BCUT2D eigenvalue weighted by Crippen LogP contribution is 2.21. The van der Waals surface area contributed by atoms with Gasteiger partial charge in [-0.05, 0) is 5.56 Å². The first-order valence-electron chi connectivity index (χ1n) is 6.08. The van der Waals surface area contributed by atoms with E-state index in [1.807, 2.05) is 49.6 Å². The van der Waals surface area contributed by atoms with Crippen molar-refractivity contribution in [2.24, 2.45) is 0 Å². The first-order chi connectivity index (χ1) is 9.27. The Bertz CT molecular complexity index is 731. The molecule has 2 aromatic heterocycles. The predicted molar refractivity (Wildman–Crippen MR) is 80.5 cm³/mol. The minimum Gasteiger partial charge on any atom is -0.383 e. The summed E-state index contributed by atoms with van der Waals surface area (Å²) in [5, 5.41) is 1.82. The molecular weight excluding hydrogens is 258 g/mol. The van der Waals surface area contributed by atoms with Crippen LogP contribution < -0.4 is 11.3 Å². The maximum atomic E-state index is 12.3. The maximum Gasteiger partial charge on any atom is 0.268 e. The second-order valence-electron chi connectivity index (χ2n) is 3.60. The molecule has 3 aromatic rings. The van der Waals surface area contributed by atoms with Crippen molar-refractivity contribution in [2.75, 3.05) is 5.73 Å². The van der Waals surface area contributed by atoms with Gasteiger partial charge in [0.1, 0.15) is 5.82 Å². The third-order valence-electron chi connectivity index (χ3n) is 2.56. The van der Waals surface area contributed by atoms with E-state index in [0.717, 1.165) is 5.56 Å². The van der Waals surface area contributed by atoms with E-state index in [0.29, 0.717) is 10.5 Å². The highest BCUT2D eigenvalue weighted by Gasteiger charge is 2.12. The first-order valence-corrected chi connectivity index (χ1v) is 6.96. The van der Waals surface area contributed by atoms with Crippen LogP contribution in [0.15, 0.2) is 46.7 Å². The van der Waals surface area contributed by atoms with Gasteiger partial charge in [-0.15, -0.1) is 11.3 Å². The molecule has 0 bridgehead atoms. The number of nitrogens with zero attached hydrogens (tertiary/aromatic N) is 2. The second kappa shape index (κ2) is 5.67. The van der Waals surface area contributed by atoms with Crippen LogP contribution in [-0.4, -0.2) is 9.38 Å². The van der Waals surface area contributed by atoms with Crippen LogP contribution in [0.3, 0.4) is 0 Å². The molecule has 0 fully saturated rings. The fraction of sp³-hybridized carbons (Fsp3) is 0.143. The minimum atomic E-state index is -0.125. The number of nitrogen functional groups attached to an aromatic ring is 1. The van der Waals surface area contributed by atoms with Crippen LogP contribution in [0.1, 0.15) is 13.8 Å². The standard InChI is InChI=1S/C12H9N3OS.C2H6/c13-10-9(8-4-2-1-3-5-8)11(16)15-6-7-17-12(15)14-10;1-2/h1-7H,13H2;1-2H3. The number of benzene rings is 1. The highest BCUT2D eigenvalue weighted by atomic mass is 32.1. The molecule has 19 heavy (non-hydrogen) atoms. The van der Waals surface area contributed by atoms with Crippen molar-refractivity contribution in [2.45, 2.75) is 13.8 Å². The summed E-state index contributed by atoms with van der Waals surface area (Å²) in [7, 11) is 0. The summed E-state index contributed by atoms with van der Waals surface area (Å²) in [5.41, 5.74) is 6.99. The molecule has 0 spiro atoms. The summed E-state index contributed by atoms with van der Waals surface area (Å²) in [6, 6.07) is 9.35. The van der Waals surface area contributed by atoms with Crippen molar-refractivity contribution in [3.63, 3.8) is 0 Å². The van der Waals surface area contributed by atoms with Crippen LogP contribution in [0.25, 0.3) is 16.1 Å². The average molecular weight is 273 g/mol. The van der Waals surface area contributed by atoms with E-state index in [1.165, 1.54) is 15.7 Å². The van der Waals surface area contributed by atoms with Gasteiger partial charge in [-0.2, -0.15) is 0 Å². The molecule has 0 aliphatic rings. The number of nitrogens with two attached hydrogens (primary N) is 1. The lowest BCUT2D eigenvalue weighted by atomic mass is 10.1. The quantitative estimate of drug-likeness (QED) is 0.741. The third kappa shape index (κ3) is 2.37. The largest absolute Gasteiger partial charge is 0.383 e. The normalized spacial score (nSPS) is 10.0. The second-order valence-corrected chi connectivity index (χ2v) is 4.47. The smallest absolute Gasteiger partial charge is 0.268 e. The lowest BCUT2D eigenvalue weighted by molar-refractivity contribution is 1.09. The molecule has 98 valence electrons. The van der Waals surface area contributed by atoms with Gasteiger partial charge in [-0.25, -0.2) is 4.98 Å². The summed E-state index contributed by atoms with van der Waals surface area (Å²) in [6.45, 7) is 4.00. The zero-order chi connectivity index (χ0) is 13.8. The van der Waals surface area contributed by atoms with Crippen LogP contribution in [0.2, 0.25) is 0 Å². The SMILES string of the molecule is CC.Nc1nc2sccn2c(=O)c1-c1ccccc1. The molecule has 0 saturated carbocycles. The van der Waals surface area contributed by atoms with Gasteiger partial charge in [0, 0.05) is 11.6 Å². The zero-order valence-electron chi connectivity index (χ0n) is 10.8. The van der Waals surface area contributed by atoms with E-state index in [2.05, 4.69) is 4.98 Å². The molecule has 0 aliphatic heterocycles. The molecule has 0 atom stereocenters. The Hall–Kier alpha value is -2.14. The van der Waals surface area contributed by atoms with Gasteiger partial charge in [0.05, 0.1) is 5.56 Å². The van der Waals surface area contributed by atoms with Gasteiger partial charge in [-0.1, -0.05) is 44.2 Å². The van der Waals surface area contributed by atoms with Gasteiger partial charge in [0.2, 0.25) is 0 Å². The van der Waals surface area contributed by atoms with Crippen molar-refractivity contribution in [1.82, 2.24) is 9.38 Å². The molecular formula is C14H15N3OS. The summed E-state index contributed by atoms with van der Waals surface area (Å²) in [5.74, 6) is 0.281. The fourth-order valence-electron chi connectivity index (χ4n) is 1.77. The lowest BCUT2D eigenvalue weighted by Gasteiger charge is -2.04. The lowest BCUT2D eigenvalue weighted by Crippen LogP contribution is -2.17. The molecule has 2 heterocycles. The summed E-state index contributed by atoms with van der Waals surface area (Å²) in [4.78, 5) is 17.1. The van der Waals surface area contributed by atoms with Crippen LogP contribution in [0, 0.1) is 0 Å². The minimum absolute atomic E-state index is 0.125. The van der Waals surface area contributed by atoms with Gasteiger partial charge in [-0.3, -0.25) is 9.20 Å². The number of anilines is 1. The molecule has 1 aromatic carbocycles. The molecule has 2 N–H and O–H groups in total. The van der Waals surface area contributed by atoms with Crippen LogP contribution in [-0.2, 0) is 0 Å². The molecule has 4 nitrogen and oxygen atoms in total. The topological polar surface area (TPSA) is 60.4 Å². The van der Waals surface area contributed by atoms with E-state index < -0.39 is 0 Å². The summed E-state index contributed by atoms with van der Waals surface area (Å²) >= 11 is 1.39. The van der Waals surface area contributed by atoms with Crippen molar-refractivity contribution in [3.8, 4) is 11.1 Å².